The molecule has 0 saturated carbocycles. The second-order valence-electron chi connectivity index (χ2n) is 5.40. The number of rotatable bonds is 2. The maximum Gasteiger partial charge on any atom is 0.410 e. The number of carbonyl (C=O) groups is 2. The maximum absolute atomic E-state index is 12.0. The maximum atomic E-state index is 12.0. The predicted molar refractivity (Wildman–Crippen MR) is 69.0 cm³/mol. The highest BCUT2D eigenvalue weighted by atomic mass is 16.6. The first-order chi connectivity index (χ1) is 8.35. The van der Waals surface area contributed by atoms with E-state index in [-0.39, 0.29) is 18.2 Å². The first-order valence-corrected chi connectivity index (χ1v) is 6.27. The summed E-state index contributed by atoms with van der Waals surface area (Å²) in [5.74, 6) is 5.46. The van der Waals surface area contributed by atoms with E-state index < -0.39 is 11.7 Å². The molecule has 0 bridgehead atoms. The molecule has 0 aromatic rings. The molecule has 0 radical (unpaired) electrons. The smallest absolute Gasteiger partial charge is 0.410 e. The average molecular weight is 251 g/mol. The first-order valence-electron chi connectivity index (χ1n) is 6.27. The van der Waals surface area contributed by atoms with Gasteiger partial charge in [-0.15, -0.1) is 5.92 Å². The van der Waals surface area contributed by atoms with Crippen molar-refractivity contribution in [1.82, 2.24) is 4.90 Å². The number of likely N-dealkylation sites (tertiary alicyclic amines) is 1. The fraction of sp³-hybridized carbons (Fsp3) is 0.714. The second-order valence-corrected chi connectivity index (χ2v) is 5.40. The molecule has 0 aliphatic carbocycles. The number of amides is 1. The minimum Gasteiger partial charge on any atom is -0.444 e. The van der Waals surface area contributed by atoms with Gasteiger partial charge in [-0.05, 0) is 40.5 Å². The Kier molecular flexibility index (Phi) is 4.77. The minimum atomic E-state index is -0.531. The lowest BCUT2D eigenvalue weighted by Crippen LogP contribution is -2.43. The molecule has 4 nitrogen and oxygen atoms in total. The number of hydrogen-bond acceptors (Lipinski definition) is 3. The minimum absolute atomic E-state index is 0.00714. The predicted octanol–water partition coefficient (Wildman–Crippen LogP) is 2.37. The third-order valence-corrected chi connectivity index (χ3v) is 2.69. The van der Waals surface area contributed by atoms with Gasteiger partial charge in [0.2, 0.25) is 0 Å². The Morgan fingerprint density at radius 3 is 2.61 bits per heavy atom. The van der Waals surface area contributed by atoms with Gasteiger partial charge in [-0.1, -0.05) is 5.92 Å². The molecule has 1 aliphatic rings. The molecule has 1 rings (SSSR count). The number of Topliss-reactive ketones (excluding diaryl/α,β-unsaturated/α-hetero) is 1. The Morgan fingerprint density at radius 2 is 2.06 bits per heavy atom. The van der Waals surface area contributed by atoms with Crippen molar-refractivity contribution in [3.8, 4) is 11.8 Å². The van der Waals surface area contributed by atoms with Crippen molar-refractivity contribution in [2.45, 2.75) is 58.6 Å². The quantitative estimate of drug-likeness (QED) is 0.708. The molecule has 1 fully saturated rings. The van der Waals surface area contributed by atoms with Crippen LogP contribution in [0.5, 0.6) is 0 Å². The molecule has 0 aromatic heterocycles. The molecule has 0 spiro atoms. The van der Waals surface area contributed by atoms with E-state index in [0.717, 1.165) is 6.42 Å². The number of ether oxygens (including phenoxy) is 1. The lowest BCUT2D eigenvalue weighted by atomic mass is 10.1. The van der Waals surface area contributed by atoms with Crippen molar-refractivity contribution in [1.29, 1.82) is 0 Å². The van der Waals surface area contributed by atoms with E-state index in [4.69, 9.17) is 4.74 Å². The SMILES string of the molecule is CC#CCC(=O)[C@H]1CCCN1C(=O)OC(C)(C)C. The van der Waals surface area contributed by atoms with Gasteiger partial charge in [0.05, 0.1) is 12.5 Å². The van der Waals surface area contributed by atoms with Crippen molar-refractivity contribution >= 4 is 11.9 Å². The molecule has 100 valence electrons. The van der Waals surface area contributed by atoms with Crippen molar-refractivity contribution in [3.63, 3.8) is 0 Å². The molecule has 0 N–H and O–H groups in total. The van der Waals surface area contributed by atoms with Crippen LogP contribution in [-0.2, 0) is 9.53 Å². The summed E-state index contributed by atoms with van der Waals surface area (Å²) in [4.78, 5) is 25.4. The monoisotopic (exact) mass is 251 g/mol. The van der Waals surface area contributed by atoms with Crippen molar-refractivity contribution < 1.29 is 14.3 Å². The van der Waals surface area contributed by atoms with Crippen LogP contribution < -0.4 is 0 Å². The summed E-state index contributed by atoms with van der Waals surface area (Å²) in [5.41, 5.74) is -0.531. The van der Waals surface area contributed by atoms with E-state index in [0.29, 0.717) is 13.0 Å². The third kappa shape index (κ3) is 4.06. The Morgan fingerprint density at radius 1 is 1.39 bits per heavy atom. The summed E-state index contributed by atoms with van der Waals surface area (Å²) in [6.07, 6.45) is 1.36. The highest BCUT2D eigenvalue weighted by molar-refractivity contribution is 5.89. The molecule has 18 heavy (non-hydrogen) atoms. The third-order valence-electron chi connectivity index (χ3n) is 2.69. The number of ketones is 1. The molecular formula is C14H21NO3. The van der Waals surface area contributed by atoms with E-state index >= 15 is 0 Å². The molecule has 0 unspecified atom stereocenters. The number of nitrogens with zero attached hydrogens (tertiary/aromatic N) is 1. The van der Waals surface area contributed by atoms with Crippen LogP contribution in [0.25, 0.3) is 0 Å². The van der Waals surface area contributed by atoms with Gasteiger partial charge in [0, 0.05) is 6.54 Å². The summed E-state index contributed by atoms with van der Waals surface area (Å²) in [5, 5.41) is 0. The Bertz CT molecular complexity index is 384. The summed E-state index contributed by atoms with van der Waals surface area (Å²) < 4.78 is 5.31. The largest absolute Gasteiger partial charge is 0.444 e. The van der Waals surface area contributed by atoms with Crippen LogP contribution in [0, 0.1) is 11.8 Å². The van der Waals surface area contributed by atoms with Crippen molar-refractivity contribution in [2.24, 2.45) is 0 Å². The highest BCUT2D eigenvalue weighted by Crippen LogP contribution is 2.22. The molecule has 1 saturated heterocycles. The summed E-state index contributed by atoms with van der Waals surface area (Å²) in [6, 6.07) is -0.360. The number of hydrogen-bond donors (Lipinski definition) is 0. The van der Waals surface area contributed by atoms with Crippen LogP contribution in [0.15, 0.2) is 0 Å². The van der Waals surface area contributed by atoms with Gasteiger partial charge in [-0.25, -0.2) is 4.79 Å². The van der Waals surface area contributed by atoms with Gasteiger partial charge in [-0.3, -0.25) is 9.69 Å². The van der Waals surface area contributed by atoms with E-state index in [1.165, 1.54) is 4.90 Å². The van der Waals surface area contributed by atoms with Crippen LogP contribution in [-0.4, -0.2) is 35.0 Å². The van der Waals surface area contributed by atoms with Crippen molar-refractivity contribution in [2.75, 3.05) is 6.54 Å². The topological polar surface area (TPSA) is 46.6 Å². The molecule has 1 aliphatic heterocycles. The van der Waals surface area contributed by atoms with E-state index in [1.807, 2.05) is 20.8 Å². The Balaban J connectivity index is 2.66. The zero-order valence-corrected chi connectivity index (χ0v) is 11.6. The van der Waals surface area contributed by atoms with Crippen LogP contribution in [0.4, 0.5) is 4.79 Å². The summed E-state index contributed by atoms with van der Waals surface area (Å²) in [6.45, 7) is 7.75. The Hall–Kier alpha value is -1.50. The van der Waals surface area contributed by atoms with Gasteiger partial charge in [-0.2, -0.15) is 0 Å². The van der Waals surface area contributed by atoms with Crippen LogP contribution >= 0.6 is 0 Å². The number of carbonyl (C=O) groups excluding carboxylic acids is 2. The van der Waals surface area contributed by atoms with E-state index in [9.17, 15) is 9.59 Å². The van der Waals surface area contributed by atoms with Gasteiger partial charge in [0.15, 0.2) is 5.78 Å². The van der Waals surface area contributed by atoms with E-state index in [2.05, 4.69) is 11.8 Å². The standard InChI is InChI=1S/C14H21NO3/c1-5-6-9-12(16)11-8-7-10-15(11)13(17)18-14(2,3)4/h11H,7-10H2,1-4H3/t11-/m1/s1. The summed E-state index contributed by atoms with van der Waals surface area (Å²) in [7, 11) is 0. The molecule has 1 atom stereocenters. The average Bonchev–Trinajstić information content (AvgIpc) is 2.72. The zero-order chi connectivity index (χ0) is 13.8. The first kappa shape index (κ1) is 14.6. The highest BCUT2D eigenvalue weighted by Gasteiger charge is 2.35. The van der Waals surface area contributed by atoms with Crippen LogP contribution in [0.1, 0.15) is 47.0 Å². The fourth-order valence-corrected chi connectivity index (χ4v) is 1.93. The molecule has 4 heteroatoms. The van der Waals surface area contributed by atoms with Gasteiger partial charge in [0.25, 0.3) is 0 Å². The summed E-state index contributed by atoms with van der Waals surface area (Å²) >= 11 is 0. The molecule has 1 heterocycles. The van der Waals surface area contributed by atoms with Gasteiger partial charge >= 0.3 is 6.09 Å². The van der Waals surface area contributed by atoms with Crippen molar-refractivity contribution in [3.05, 3.63) is 0 Å². The normalized spacial score (nSPS) is 19.1. The molecular weight excluding hydrogens is 230 g/mol. The van der Waals surface area contributed by atoms with Crippen LogP contribution in [0.2, 0.25) is 0 Å². The van der Waals surface area contributed by atoms with Gasteiger partial charge < -0.3 is 4.74 Å². The fourth-order valence-electron chi connectivity index (χ4n) is 1.93. The lowest BCUT2D eigenvalue weighted by molar-refractivity contribution is -0.122. The van der Waals surface area contributed by atoms with Crippen LogP contribution in [0.3, 0.4) is 0 Å². The molecule has 1 amide bonds. The Labute approximate surface area is 109 Å². The molecule has 0 aromatic carbocycles. The zero-order valence-electron chi connectivity index (χ0n) is 11.6. The van der Waals surface area contributed by atoms with E-state index in [1.54, 1.807) is 6.92 Å². The second kappa shape index (κ2) is 5.90. The lowest BCUT2D eigenvalue weighted by Gasteiger charge is -2.27. The van der Waals surface area contributed by atoms with Gasteiger partial charge in [0.1, 0.15) is 5.60 Å².